The van der Waals surface area contributed by atoms with E-state index in [0.29, 0.717) is 0 Å². The molecule has 0 aliphatic rings. The molecule has 0 aromatic carbocycles. The van der Waals surface area contributed by atoms with Crippen LogP contribution in [0.1, 0.15) is 25.6 Å². The topological polar surface area (TPSA) is 87.6 Å². The molecular formula is C7H10N4O. The number of nitrogen functional groups attached to an aromatic ring is 1. The molecule has 0 aliphatic heterocycles. The highest BCUT2D eigenvalue weighted by Crippen LogP contribution is 2.10. The fraction of sp³-hybridized carbons (Fsp3) is 0.429. The molecule has 0 saturated carbocycles. The molecule has 5 nitrogen and oxygen atoms in total. The van der Waals surface area contributed by atoms with Gasteiger partial charge in [-0.05, 0) is 13.8 Å². The minimum Gasteiger partial charge on any atom is -0.383 e. The first kappa shape index (κ1) is 8.40. The van der Waals surface area contributed by atoms with Crippen LogP contribution in [0.4, 0.5) is 5.82 Å². The van der Waals surface area contributed by atoms with Crippen molar-refractivity contribution >= 4 is 5.82 Å². The highest BCUT2D eigenvalue weighted by atomic mass is 16.1. The third kappa shape index (κ3) is 1.07. The molecule has 0 saturated heterocycles. The molecule has 0 radical (unpaired) electrons. The summed E-state index contributed by atoms with van der Waals surface area (Å²) in [4.78, 5) is 13.5. The van der Waals surface area contributed by atoms with Gasteiger partial charge in [-0.2, -0.15) is 5.26 Å². The van der Waals surface area contributed by atoms with Crippen LogP contribution in [0.3, 0.4) is 0 Å². The summed E-state index contributed by atoms with van der Waals surface area (Å²) in [5.41, 5.74) is 5.32. The van der Waals surface area contributed by atoms with Crippen LogP contribution in [-0.2, 0) is 0 Å². The van der Waals surface area contributed by atoms with E-state index in [-0.39, 0.29) is 23.2 Å². The van der Waals surface area contributed by atoms with Crippen molar-refractivity contribution in [3.63, 3.8) is 0 Å². The van der Waals surface area contributed by atoms with E-state index in [2.05, 4.69) is 4.98 Å². The van der Waals surface area contributed by atoms with E-state index in [1.807, 2.05) is 19.9 Å². The monoisotopic (exact) mass is 166 g/mol. The van der Waals surface area contributed by atoms with Crippen LogP contribution >= 0.6 is 0 Å². The first-order chi connectivity index (χ1) is 5.57. The fourth-order valence-corrected chi connectivity index (χ4v) is 1.06. The summed E-state index contributed by atoms with van der Waals surface area (Å²) < 4.78 is 1.35. The second kappa shape index (κ2) is 2.74. The Bertz CT molecular complexity index is 379. The number of hydrogen-bond acceptors (Lipinski definition) is 3. The van der Waals surface area contributed by atoms with Crippen LogP contribution in [0.2, 0.25) is 0 Å². The van der Waals surface area contributed by atoms with Gasteiger partial charge in [-0.25, -0.2) is 4.79 Å². The molecule has 1 rings (SSSR count). The zero-order valence-electron chi connectivity index (χ0n) is 6.96. The van der Waals surface area contributed by atoms with Crippen LogP contribution in [0, 0.1) is 11.3 Å². The third-order valence-electron chi connectivity index (χ3n) is 1.59. The molecule has 0 bridgehead atoms. The van der Waals surface area contributed by atoms with Crippen molar-refractivity contribution in [2.45, 2.75) is 19.9 Å². The number of nitrogens with one attached hydrogen (secondary N) is 1. The van der Waals surface area contributed by atoms with E-state index in [1.54, 1.807) is 0 Å². The molecule has 1 aromatic rings. The van der Waals surface area contributed by atoms with Gasteiger partial charge in [-0.15, -0.1) is 0 Å². The number of nitrogens with two attached hydrogens (primary N) is 1. The Morgan fingerprint density at radius 1 is 1.67 bits per heavy atom. The smallest absolute Gasteiger partial charge is 0.328 e. The van der Waals surface area contributed by atoms with E-state index < -0.39 is 0 Å². The molecule has 0 unspecified atom stereocenters. The minimum absolute atomic E-state index is 0.0316. The number of aromatic amines is 1. The number of H-pyrrole nitrogens is 1. The Balaban J connectivity index is 3.41. The first-order valence-corrected chi connectivity index (χ1v) is 3.58. The number of aromatic nitrogens is 2. The maximum atomic E-state index is 11.1. The van der Waals surface area contributed by atoms with Gasteiger partial charge in [0.05, 0.1) is 0 Å². The normalized spacial score (nSPS) is 10.2. The zero-order valence-corrected chi connectivity index (χ0v) is 6.96. The Labute approximate surface area is 69.4 Å². The van der Waals surface area contributed by atoms with Gasteiger partial charge in [-0.1, -0.05) is 0 Å². The second-order valence-corrected chi connectivity index (χ2v) is 2.77. The van der Waals surface area contributed by atoms with Crippen molar-refractivity contribution in [3.05, 3.63) is 16.2 Å². The van der Waals surface area contributed by atoms with Crippen molar-refractivity contribution in [2.75, 3.05) is 5.73 Å². The van der Waals surface area contributed by atoms with Crippen molar-refractivity contribution in [1.82, 2.24) is 9.55 Å². The quantitative estimate of drug-likeness (QED) is 0.625. The number of anilines is 1. The highest BCUT2D eigenvalue weighted by Gasteiger charge is 2.11. The number of nitrogens with zero attached hydrogens (tertiary/aromatic N) is 2. The Morgan fingerprint density at radius 3 is 2.50 bits per heavy atom. The fourth-order valence-electron chi connectivity index (χ4n) is 1.06. The van der Waals surface area contributed by atoms with Crippen molar-refractivity contribution in [3.8, 4) is 6.07 Å². The molecule has 0 atom stereocenters. The first-order valence-electron chi connectivity index (χ1n) is 3.58. The lowest BCUT2D eigenvalue weighted by Gasteiger charge is -2.05. The molecule has 1 aromatic heterocycles. The van der Waals surface area contributed by atoms with Gasteiger partial charge in [0.1, 0.15) is 11.9 Å². The maximum absolute atomic E-state index is 11.1. The highest BCUT2D eigenvalue weighted by molar-refractivity contribution is 5.44. The van der Waals surface area contributed by atoms with Gasteiger partial charge in [0, 0.05) is 6.04 Å². The molecule has 0 fully saturated rings. The van der Waals surface area contributed by atoms with Crippen molar-refractivity contribution in [1.29, 1.82) is 5.26 Å². The maximum Gasteiger partial charge on any atom is 0.328 e. The summed E-state index contributed by atoms with van der Waals surface area (Å²) in [6.45, 7) is 3.65. The van der Waals surface area contributed by atoms with Crippen molar-refractivity contribution < 1.29 is 0 Å². The predicted molar refractivity (Wildman–Crippen MR) is 44.6 cm³/mol. The summed E-state index contributed by atoms with van der Waals surface area (Å²) >= 11 is 0. The van der Waals surface area contributed by atoms with Crippen LogP contribution in [-0.4, -0.2) is 9.55 Å². The minimum atomic E-state index is -0.334. The second-order valence-electron chi connectivity index (χ2n) is 2.77. The molecule has 3 N–H and O–H groups in total. The standard InChI is InChI=1S/C7H10N4O/c1-4(2)11-6(9)5(3-8)10-7(11)12/h4H,9H2,1-2H3,(H,10,12). The van der Waals surface area contributed by atoms with Gasteiger partial charge in [0.15, 0.2) is 5.69 Å². The SMILES string of the molecule is CC(C)n1c(N)c(C#N)[nH]c1=O. The third-order valence-corrected chi connectivity index (χ3v) is 1.59. The Hall–Kier alpha value is -1.70. The van der Waals surface area contributed by atoms with Crippen molar-refractivity contribution in [2.24, 2.45) is 0 Å². The Morgan fingerprint density at radius 2 is 2.25 bits per heavy atom. The largest absolute Gasteiger partial charge is 0.383 e. The van der Waals surface area contributed by atoms with E-state index >= 15 is 0 Å². The van der Waals surface area contributed by atoms with Gasteiger partial charge in [0.2, 0.25) is 0 Å². The molecule has 1 heterocycles. The number of nitriles is 1. The Kier molecular flexibility index (Phi) is 1.92. The molecule has 64 valence electrons. The van der Waals surface area contributed by atoms with E-state index in [1.165, 1.54) is 4.57 Å². The van der Waals surface area contributed by atoms with Gasteiger partial charge >= 0.3 is 5.69 Å². The van der Waals surface area contributed by atoms with Crippen LogP contribution in [0.15, 0.2) is 4.79 Å². The van der Waals surface area contributed by atoms with Crippen LogP contribution in [0.5, 0.6) is 0 Å². The lowest BCUT2D eigenvalue weighted by atomic mass is 10.4. The number of hydrogen-bond donors (Lipinski definition) is 2. The van der Waals surface area contributed by atoms with E-state index in [9.17, 15) is 4.79 Å². The van der Waals surface area contributed by atoms with Gasteiger partial charge in [0.25, 0.3) is 0 Å². The van der Waals surface area contributed by atoms with Gasteiger partial charge in [-0.3, -0.25) is 9.55 Å². The average Bonchev–Trinajstić information content (AvgIpc) is 2.25. The average molecular weight is 166 g/mol. The van der Waals surface area contributed by atoms with Crippen LogP contribution in [0.25, 0.3) is 0 Å². The molecule has 0 amide bonds. The molecule has 0 aliphatic carbocycles. The molecule has 0 spiro atoms. The number of imidazole rings is 1. The van der Waals surface area contributed by atoms with E-state index in [4.69, 9.17) is 11.0 Å². The lowest BCUT2D eigenvalue weighted by Crippen LogP contribution is -2.20. The van der Waals surface area contributed by atoms with Crippen LogP contribution < -0.4 is 11.4 Å². The molecular weight excluding hydrogens is 156 g/mol. The molecule has 5 heteroatoms. The van der Waals surface area contributed by atoms with Gasteiger partial charge < -0.3 is 5.73 Å². The summed E-state index contributed by atoms with van der Waals surface area (Å²) in [7, 11) is 0. The lowest BCUT2D eigenvalue weighted by molar-refractivity contribution is 0.588. The summed E-state index contributed by atoms with van der Waals surface area (Å²) in [5.74, 6) is 0.206. The summed E-state index contributed by atoms with van der Waals surface area (Å²) in [6.07, 6.45) is 0. The molecule has 12 heavy (non-hydrogen) atoms. The summed E-state index contributed by atoms with van der Waals surface area (Å²) in [6, 6.07) is 1.78. The number of rotatable bonds is 1. The zero-order chi connectivity index (χ0) is 9.30. The van der Waals surface area contributed by atoms with E-state index in [0.717, 1.165) is 0 Å². The predicted octanol–water partition coefficient (Wildman–Crippen LogP) is 0.211. The summed E-state index contributed by atoms with van der Waals surface area (Å²) in [5, 5.41) is 8.52.